The summed E-state index contributed by atoms with van der Waals surface area (Å²) in [4.78, 5) is 26.9. The van der Waals surface area contributed by atoms with Crippen LogP contribution in [0.5, 0.6) is 0 Å². The average molecular weight is 484 g/mol. The van der Waals surface area contributed by atoms with Gasteiger partial charge < -0.3 is 11.5 Å². The quantitative estimate of drug-likeness (QED) is 0.410. The van der Waals surface area contributed by atoms with Gasteiger partial charge in [-0.15, -0.1) is 0 Å². The van der Waals surface area contributed by atoms with Gasteiger partial charge in [0.15, 0.2) is 5.82 Å². The van der Waals surface area contributed by atoms with Gasteiger partial charge in [-0.3, -0.25) is 9.69 Å². The van der Waals surface area contributed by atoms with Crippen LogP contribution in [0.4, 0.5) is 41.1 Å². The van der Waals surface area contributed by atoms with Gasteiger partial charge in [-0.2, -0.15) is 15.2 Å². The lowest BCUT2D eigenvalue weighted by atomic mass is 10.1. The predicted molar refractivity (Wildman–Crippen MR) is 120 cm³/mol. The van der Waals surface area contributed by atoms with Gasteiger partial charge in [0.25, 0.3) is 12.0 Å². The van der Waals surface area contributed by atoms with Gasteiger partial charge in [-0.05, 0) is 37.3 Å². The molecule has 0 spiro atoms. The predicted octanol–water partition coefficient (Wildman–Crippen LogP) is 3.59. The van der Waals surface area contributed by atoms with Crippen LogP contribution < -0.4 is 21.9 Å². The number of nitrogens with zero attached hydrogens (tertiary/aromatic N) is 6. The lowest BCUT2D eigenvalue weighted by Crippen LogP contribution is -2.31. The molecule has 0 bridgehead atoms. The number of nitrogen functional groups attached to an aromatic ring is 2. The van der Waals surface area contributed by atoms with E-state index >= 15 is 0 Å². The number of alkyl halides is 2. The van der Waals surface area contributed by atoms with Crippen molar-refractivity contribution in [1.82, 2.24) is 19.5 Å². The molecule has 13 heteroatoms. The van der Waals surface area contributed by atoms with Gasteiger partial charge in [0.1, 0.15) is 34.5 Å². The Morgan fingerprint density at radius 1 is 1.14 bits per heavy atom. The summed E-state index contributed by atoms with van der Waals surface area (Å²) in [7, 11) is 0. The van der Waals surface area contributed by atoms with Gasteiger partial charge in [-0.25, -0.2) is 27.1 Å². The lowest BCUT2D eigenvalue weighted by molar-refractivity contribution is 0.151. The Kier molecular flexibility index (Phi) is 5.96. The maximum absolute atomic E-state index is 14.6. The van der Waals surface area contributed by atoms with Crippen LogP contribution >= 0.6 is 0 Å². The zero-order chi connectivity index (χ0) is 25.4. The second kappa shape index (κ2) is 8.90. The van der Waals surface area contributed by atoms with Gasteiger partial charge in [0.05, 0.1) is 11.2 Å². The highest BCUT2D eigenvalue weighted by molar-refractivity contribution is 5.81. The van der Waals surface area contributed by atoms with E-state index in [1.807, 2.05) is 6.07 Å². The van der Waals surface area contributed by atoms with E-state index in [2.05, 4.69) is 15.0 Å². The van der Waals surface area contributed by atoms with Gasteiger partial charge in [0, 0.05) is 12.1 Å². The van der Waals surface area contributed by atoms with E-state index < -0.39 is 34.6 Å². The molecule has 2 heterocycles. The second-order valence-electron chi connectivity index (χ2n) is 7.25. The third-order valence-corrected chi connectivity index (χ3v) is 5.10. The Morgan fingerprint density at radius 2 is 1.89 bits per heavy atom. The largest absolute Gasteiger partial charge is 0.382 e. The summed E-state index contributed by atoms with van der Waals surface area (Å²) < 4.78 is 56.5. The number of fused-ring (bicyclic) bond motifs is 1. The summed E-state index contributed by atoms with van der Waals surface area (Å²) >= 11 is 0. The van der Waals surface area contributed by atoms with E-state index in [0.29, 0.717) is 6.07 Å². The summed E-state index contributed by atoms with van der Waals surface area (Å²) in [5.74, 6) is -2.92. The number of hydrogen-bond donors (Lipinski definition) is 2. The molecular weight excluding hydrogens is 468 g/mol. The topological polar surface area (TPSA) is 140 Å². The van der Waals surface area contributed by atoms with E-state index in [1.54, 1.807) is 6.92 Å². The molecule has 0 aliphatic heterocycles. The molecule has 4 rings (SSSR count). The fourth-order valence-corrected chi connectivity index (χ4v) is 3.61. The Hall–Kier alpha value is -4.73. The van der Waals surface area contributed by atoms with Crippen molar-refractivity contribution in [3.63, 3.8) is 0 Å². The van der Waals surface area contributed by atoms with Crippen LogP contribution in [-0.4, -0.2) is 26.1 Å². The number of anilines is 4. The molecule has 178 valence electrons. The maximum atomic E-state index is 14.6. The highest BCUT2D eigenvalue weighted by atomic mass is 19.3. The second-order valence-corrected chi connectivity index (χ2v) is 7.25. The first kappa shape index (κ1) is 23.4. The standard InChI is InChI=1S/C22H16F4N8O/c1-2-33(19-13(9-27)18(28)31-21(29)32-19)22-30-15-5-3-4-14(24)16(15)20(35)34(22)12-7-10(17(25)26)6-11(23)8-12/h3-8,17H,2H2,1H3,(H4,28,29,31,32). The highest BCUT2D eigenvalue weighted by Crippen LogP contribution is 2.31. The van der Waals surface area contributed by atoms with E-state index in [1.165, 1.54) is 17.0 Å². The molecule has 0 aliphatic rings. The molecular formula is C22H16F4N8O. The molecule has 0 saturated heterocycles. The van der Waals surface area contributed by atoms with Crippen molar-refractivity contribution in [1.29, 1.82) is 5.26 Å². The van der Waals surface area contributed by atoms with Gasteiger partial charge in [0.2, 0.25) is 11.9 Å². The zero-order valence-electron chi connectivity index (χ0n) is 18.0. The van der Waals surface area contributed by atoms with Crippen LogP contribution in [0.3, 0.4) is 0 Å². The van der Waals surface area contributed by atoms with E-state index in [-0.39, 0.29) is 46.8 Å². The zero-order valence-corrected chi connectivity index (χ0v) is 18.0. The minimum absolute atomic E-state index is 0.00879. The number of aromatic nitrogens is 4. The number of benzene rings is 2. The molecule has 9 nitrogen and oxygen atoms in total. The van der Waals surface area contributed by atoms with Crippen LogP contribution in [0.1, 0.15) is 24.5 Å². The Bertz CT molecular complexity index is 1560. The number of nitriles is 1. The number of hydrogen-bond acceptors (Lipinski definition) is 8. The fraction of sp³-hybridized carbons (Fsp3) is 0.136. The first-order valence-corrected chi connectivity index (χ1v) is 10.1. The van der Waals surface area contributed by atoms with Crippen molar-refractivity contribution in [2.75, 3.05) is 22.9 Å². The molecule has 35 heavy (non-hydrogen) atoms. The Balaban J connectivity index is 2.15. The van der Waals surface area contributed by atoms with Crippen LogP contribution in [0.25, 0.3) is 16.6 Å². The van der Waals surface area contributed by atoms with Crippen LogP contribution in [0.2, 0.25) is 0 Å². The van der Waals surface area contributed by atoms with Crippen LogP contribution in [0.15, 0.2) is 41.2 Å². The molecule has 0 unspecified atom stereocenters. The molecule has 0 amide bonds. The first-order valence-electron chi connectivity index (χ1n) is 10.1. The Labute approximate surface area is 194 Å². The molecule has 0 atom stereocenters. The number of halogens is 4. The van der Waals surface area contributed by atoms with Gasteiger partial charge >= 0.3 is 0 Å². The smallest absolute Gasteiger partial charge is 0.270 e. The van der Waals surface area contributed by atoms with Crippen molar-refractivity contribution in [2.24, 2.45) is 0 Å². The van der Waals surface area contributed by atoms with Crippen molar-refractivity contribution >= 4 is 34.4 Å². The summed E-state index contributed by atoms with van der Waals surface area (Å²) in [5, 5.41) is 9.17. The van der Waals surface area contributed by atoms with Crippen LogP contribution in [-0.2, 0) is 0 Å². The van der Waals surface area contributed by atoms with Crippen molar-refractivity contribution < 1.29 is 17.6 Å². The van der Waals surface area contributed by atoms with Crippen LogP contribution in [0, 0.1) is 23.0 Å². The summed E-state index contributed by atoms with van der Waals surface area (Å²) in [6.45, 7) is 1.62. The maximum Gasteiger partial charge on any atom is 0.270 e. The molecule has 4 N–H and O–H groups in total. The Morgan fingerprint density at radius 3 is 2.54 bits per heavy atom. The SMILES string of the molecule is CCN(c1nc(N)nc(N)c1C#N)c1nc2cccc(F)c2c(=O)n1-c1cc(F)cc(C(F)F)c1. The summed E-state index contributed by atoms with van der Waals surface area (Å²) in [5.41, 5.74) is 9.20. The molecule has 2 aromatic heterocycles. The minimum atomic E-state index is -3.05. The number of nitrogens with two attached hydrogens (primary N) is 2. The van der Waals surface area contributed by atoms with E-state index in [9.17, 15) is 27.6 Å². The lowest BCUT2D eigenvalue weighted by Gasteiger charge is -2.26. The molecule has 0 radical (unpaired) electrons. The van der Waals surface area contributed by atoms with E-state index in [0.717, 1.165) is 22.8 Å². The summed E-state index contributed by atoms with van der Waals surface area (Å²) in [6.07, 6.45) is -3.05. The van der Waals surface area contributed by atoms with Crippen molar-refractivity contribution in [3.8, 4) is 11.8 Å². The average Bonchev–Trinajstić information content (AvgIpc) is 2.79. The first-order chi connectivity index (χ1) is 16.7. The third kappa shape index (κ3) is 4.05. The molecule has 2 aromatic carbocycles. The van der Waals surface area contributed by atoms with Gasteiger partial charge in [-0.1, -0.05) is 6.07 Å². The normalized spacial score (nSPS) is 11.1. The molecule has 0 fully saturated rings. The molecule has 4 aromatic rings. The fourth-order valence-electron chi connectivity index (χ4n) is 3.61. The number of rotatable bonds is 5. The summed E-state index contributed by atoms with van der Waals surface area (Å²) in [6, 6.07) is 7.90. The molecule has 0 aliphatic carbocycles. The third-order valence-electron chi connectivity index (χ3n) is 5.10. The highest BCUT2D eigenvalue weighted by Gasteiger charge is 2.26. The monoisotopic (exact) mass is 484 g/mol. The van der Waals surface area contributed by atoms with E-state index in [4.69, 9.17) is 11.5 Å². The molecule has 0 saturated carbocycles. The van der Waals surface area contributed by atoms with Crippen molar-refractivity contribution in [3.05, 3.63) is 69.5 Å². The van der Waals surface area contributed by atoms with Crippen molar-refractivity contribution in [2.45, 2.75) is 13.3 Å². The minimum Gasteiger partial charge on any atom is -0.382 e.